The summed E-state index contributed by atoms with van der Waals surface area (Å²) in [5.74, 6) is -10.6. The molecular formula is C18H16F5N5O. The van der Waals surface area contributed by atoms with E-state index in [0.717, 1.165) is 4.68 Å². The Kier molecular flexibility index (Phi) is 5.40. The van der Waals surface area contributed by atoms with Gasteiger partial charge in [-0.15, -0.1) is 0 Å². The maximum atomic E-state index is 14.0. The van der Waals surface area contributed by atoms with Gasteiger partial charge in [0.05, 0.1) is 40.9 Å². The minimum absolute atomic E-state index is 0.267. The molecule has 1 amide bonds. The molecule has 3 aromatic rings. The van der Waals surface area contributed by atoms with Crippen molar-refractivity contribution in [3.05, 3.63) is 64.0 Å². The summed E-state index contributed by atoms with van der Waals surface area (Å²) in [6.45, 7) is 4.75. The average molecular weight is 413 g/mol. The van der Waals surface area contributed by atoms with Crippen LogP contribution in [-0.2, 0) is 13.1 Å². The number of aryl methyl sites for hydroxylation is 2. The second kappa shape index (κ2) is 7.64. The summed E-state index contributed by atoms with van der Waals surface area (Å²) in [6.07, 6.45) is 2.92. The lowest BCUT2D eigenvalue weighted by molar-refractivity contribution is 0.102. The van der Waals surface area contributed by atoms with Gasteiger partial charge in [-0.05, 0) is 20.8 Å². The number of benzene rings is 1. The smallest absolute Gasteiger partial charge is 0.258 e. The molecule has 0 saturated carbocycles. The highest BCUT2D eigenvalue weighted by atomic mass is 19.2. The summed E-state index contributed by atoms with van der Waals surface area (Å²) in [4.78, 5) is 12.4. The molecule has 0 fully saturated rings. The van der Waals surface area contributed by atoms with Gasteiger partial charge in [0.15, 0.2) is 23.3 Å². The SMILES string of the molecule is CCn1cc(C(=O)Nc2c(C)nn(Cc3c(F)c(F)c(F)c(F)c3F)c2C)cn1. The average Bonchev–Trinajstić information content (AvgIpc) is 3.28. The zero-order chi connectivity index (χ0) is 21.5. The fourth-order valence-corrected chi connectivity index (χ4v) is 2.81. The summed E-state index contributed by atoms with van der Waals surface area (Å²) in [5, 5.41) is 10.7. The lowest BCUT2D eigenvalue weighted by Gasteiger charge is -2.10. The maximum Gasteiger partial charge on any atom is 0.258 e. The van der Waals surface area contributed by atoms with Crippen LogP contribution in [-0.4, -0.2) is 25.5 Å². The third kappa shape index (κ3) is 3.59. The molecule has 0 unspecified atom stereocenters. The summed E-state index contributed by atoms with van der Waals surface area (Å²) in [5.41, 5.74) is 0.126. The van der Waals surface area contributed by atoms with Crippen LogP contribution in [0.3, 0.4) is 0 Å². The number of nitrogens with zero attached hydrogens (tertiary/aromatic N) is 4. The van der Waals surface area contributed by atoms with Crippen molar-refractivity contribution in [3.8, 4) is 0 Å². The lowest BCUT2D eigenvalue weighted by atomic mass is 10.1. The van der Waals surface area contributed by atoms with Crippen LogP contribution in [0.4, 0.5) is 27.6 Å². The van der Waals surface area contributed by atoms with Gasteiger partial charge in [-0.3, -0.25) is 14.2 Å². The van der Waals surface area contributed by atoms with Gasteiger partial charge in [-0.1, -0.05) is 0 Å². The van der Waals surface area contributed by atoms with Crippen molar-refractivity contribution in [2.45, 2.75) is 33.9 Å². The van der Waals surface area contributed by atoms with E-state index >= 15 is 0 Å². The van der Waals surface area contributed by atoms with Gasteiger partial charge in [-0.2, -0.15) is 10.2 Å². The Hall–Kier alpha value is -3.24. The van der Waals surface area contributed by atoms with Crippen molar-refractivity contribution in [3.63, 3.8) is 0 Å². The molecule has 2 aromatic heterocycles. The molecule has 0 atom stereocenters. The minimum Gasteiger partial charge on any atom is -0.319 e. The van der Waals surface area contributed by atoms with Crippen LogP contribution in [0.25, 0.3) is 0 Å². The fraction of sp³-hybridized carbons (Fsp3) is 0.278. The van der Waals surface area contributed by atoms with Gasteiger partial charge in [0.25, 0.3) is 5.91 Å². The number of carbonyl (C=O) groups excluding carboxylic acids is 1. The molecule has 2 heterocycles. The molecule has 0 bridgehead atoms. The molecule has 154 valence electrons. The Bertz CT molecular complexity index is 1080. The van der Waals surface area contributed by atoms with Gasteiger partial charge in [0, 0.05) is 12.7 Å². The number of aromatic nitrogens is 4. The Morgan fingerprint density at radius 3 is 2.17 bits per heavy atom. The zero-order valence-corrected chi connectivity index (χ0v) is 15.7. The highest BCUT2D eigenvalue weighted by Gasteiger charge is 2.27. The monoisotopic (exact) mass is 413 g/mol. The summed E-state index contributed by atoms with van der Waals surface area (Å²) in [6, 6.07) is 0. The van der Waals surface area contributed by atoms with Crippen molar-refractivity contribution >= 4 is 11.6 Å². The Morgan fingerprint density at radius 2 is 1.62 bits per heavy atom. The Morgan fingerprint density at radius 1 is 1.03 bits per heavy atom. The van der Waals surface area contributed by atoms with E-state index in [1.54, 1.807) is 10.9 Å². The fourth-order valence-electron chi connectivity index (χ4n) is 2.81. The van der Waals surface area contributed by atoms with Crippen molar-refractivity contribution in [1.82, 2.24) is 19.6 Å². The molecule has 0 aliphatic heterocycles. The first-order valence-corrected chi connectivity index (χ1v) is 8.53. The van der Waals surface area contributed by atoms with E-state index in [9.17, 15) is 26.7 Å². The zero-order valence-electron chi connectivity index (χ0n) is 15.7. The first-order valence-electron chi connectivity index (χ1n) is 8.53. The number of rotatable bonds is 5. The summed E-state index contributed by atoms with van der Waals surface area (Å²) < 4.78 is 70.6. The molecule has 1 N–H and O–H groups in total. The lowest BCUT2D eigenvalue weighted by Crippen LogP contribution is -2.14. The molecular weight excluding hydrogens is 397 g/mol. The van der Waals surface area contributed by atoms with Gasteiger partial charge in [0.2, 0.25) is 5.82 Å². The van der Waals surface area contributed by atoms with Gasteiger partial charge >= 0.3 is 0 Å². The molecule has 11 heteroatoms. The van der Waals surface area contributed by atoms with E-state index in [0.29, 0.717) is 12.2 Å². The van der Waals surface area contributed by atoms with Crippen LogP contribution in [0.2, 0.25) is 0 Å². The van der Waals surface area contributed by atoms with Crippen LogP contribution in [0, 0.1) is 42.9 Å². The van der Waals surface area contributed by atoms with E-state index in [1.165, 1.54) is 20.0 Å². The number of hydrogen-bond donors (Lipinski definition) is 1. The van der Waals surface area contributed by atoms with E-state index < -0.39 is 47.1 Å². The summed E-state index contributed by atoms with van der Waals surface area (Å²) >= 11 is 0. The highest BCUT2D eigenvalue weighted by molar-refractivity contribution is 6.04. The number of amides is 1. The third-order valence-electron chi connectivity index (χ3n) is 4.45. The molecule has 1 aromatic carbocycles. The predicted molar refractivity (Wildman–Crippen MR) is 92.9 cm³/mol. The molecule has 0 aliphatic carbocycles. The molecule has 0 saturated heterocycles. The van der Waals surface area contributed by atoms with Crippen molar-refractivity contribution < 1.29 is 26.7 Å². The second-order valence-corrected chi connectivity index (χ2v) is 6.29. The standard InChI is InChI=1S/C18H16F5N5O/c1-4-27-6-10(5-24-27)18(29)25-17-8(2)26-28(9(17)3)7-11-12(19)14(21)16(23)15(22)13(11)20/h5-6H,4,7H2,1-3H3,(H,25,29). The van der Waals surface area contributed by atoms with E-state index in [1.807, 2.05) is 6.92 Å². The van der Waals surface area contributed by atoms with E-state index in [-0.39, 0.29) is 16.9 Å². The van der Waals surface area contributed by atoms with Crippen LogP contribution in [0.15, 0.2) is 12.4 Å². The number of halogens is 5. The number of hydrogen-bond acceptors (Lipinski definition) is 3. The number of nitrogens with one attached hydrogen (secondary N) is 1. The van der Waals surface area contributed by atoms with Crippen molar-refractivity contribution in [2.24, 2.45) is 0 Å². The van der Waals surface area contributed by atoms with Crippen LogP contribution in [0.1, 0.15) is 34.2 Å². The summed E-state index contributed by atoms with van der Waals surface area (Å²) in [7, 11) is 0. The van der Waals surface area contributed by atoms with Crippen molar-refractivity contribution in [2.75, 3.05) is 5.32 Å². The molecule has 0 spiro atoms. The van der Waals surface area contributed by atoms with E-state index in [4.69, 9.17) is 0 Å². The first kappa shape index (κ1) is 20.5. The molecule has 0 radical (unpaired) electrons. The molecule has 0 aliphatic rings. The maximum absolute atomic E-state index is 14.0. The third-order valence-corrected chi connectivity index (χ3v) is 4.45. The Labute approximate surface area is 161 Å². The molecule has 6 nitrogen and oxygen atoms in total. The normalized spacial score (nSPS) is 11.2. The van der Waals surface area contributed by atoms with Crippen molar-refractivity contribution in [1.29, 1.82) is 0 Å². The number of anilines is 1. The highest BCUT2D eigenvalue weighted by Crippen LogP contribution is 2.26. The van der Waals surface area contributed by atoms with Gasteiger partial charge in [0.1, 0.15) is 0 Å². The second-order valence-electron chi connectivity index (χ2n) is 6.29. The quantitative estimate of drug-likeness (QED) is 0.394. The van der Waals surface area contributed by atoms with Crippen LogP contribution >= 0.6 is 0 Å². The number of carbonyl (C=O) groups is 1. The first-order chi connectivity index (χ1) is 13.6. The molecule has 29 heavy (non-hydrogen) atoms. The van der Waals surface area contributed by atoms with Crippen LogP contribution < -0.4 is 5.32 Å². The van der Waals surface area contributed by atoms with Gasteiger partial charge < -0.3 is 5.32 Å². The Balaban J connectivity index is 1.92. The van der Waals surface area contributed by atoms with Crippen LogP contribution in [0.5, 0.6) is 0 Å². The predicted octanol–water partition coefficient (Wildman–Crippen LogP) is 3.71. The topological polar surface area (TPSA) is 64.7 Å². The molecule has 3 rings (SSSR count). The van der Waals surface area contributed by atoms with Gasteiger partial charge in [-0.25, -0.2) is 22.0 Å². The van der Waals surface area contributed by atoms with E-state index in [2.05, 4.69) is 15.5 Å². The largest absolute Gasteiger partial charge is 0.319 e. The minimum atomic E-state index is -2.22.